The standard InChI is InChI=1S/C13H20O/c1-2-3-7-13(10-11-14)12-8-5-4-6-9-12/h4-6,8-9,13-14H,2-3,7,10-11H2,1H3/t13-/m0/s1. The molecular weight excluding hydrogens is 172 g/mol. The van der Waals surface area contributed by atoms with E-state index in [4.69, 9.17) is 5.11 Å². The molecule has 1 heteroatoms. The van der Waals surface area contributed by atoms with E-state index in [1.807, 2.05) is 6.07 Å². The lowest BCUT2D eigenvalue weighted by Gasteiger charge is -2.15. The van der Waals surface area contributed by atoms with Gasteiger partial charge >= 0.3 is 0 Å². The smallest absolute Gasteiger partial charge is 0.0436 e. The normalized spacial score (nSPS) is 12.7. The third-order valence-corrected chi connectivity index (χ3v) is 2.65. The van der Waals surface area contributed by atoms with Crippen LogP contribution in [0.2, 0.25) is 0 Å². The van der Waals surface area contributed by atoms with Gasteiger partial charge in [0.05, 0.1) is 0 Å². The Labute approximate surface area is 86.8 Å². The summed E-state index contributed by atoms with van der Waals surface area (Å²) in [4.78, 5) is 0. The van der Waals surface area contributed by atoms with E-state index in [1.54, 1.807) is 0 Å². The van der Waals surface area contributed by atoms with Gasteiger partial charge < -0.3 is 5.11 Å². The number of unbranched alkanes of at least 4 members (excludes halogenated alkanes) is 1. The minimum Gasteiger partial charge on any atom is -0.396 e. The number of hydrogen-bond donors (Lipinski definition) is 1. The maximum absolute atomic E-state index is 9.00. The Hall–Kier alpha value is -0.820. The highest BCUT2D eigenvalue weighted by Gasteiger charge is 2.09. The largest absolute Gasteiger partial charge is 0.396 e. The van der Waals surface area contributed by atoms with E-state index in [-0.39, 0.29) is 0 Å². The predicted molar refractivity (Wildman–Crippen MR) is 60.4 cm³/mol. The molecule has 0 aliphatic rings. The van der Waals surface area contributed by atoms with Gasteiger partial charge in [0, 0.05) is 6.61 Å². The number of rotatable bonds is 6. The number of hydrogen-bond acceptors (Lipinski definition) is 1. The summed E-state index contributed by atoms with van der Waals surface area (Å²) in [5.74, 6) is 0.543. The van der Waals surface area contributed by atoms with Gasteiger partial charge in [0.2, 0.25) is 0 Å². The van der Waals surface area contributed by atoms with Crippen LogP contribution in [0.1, 0.15) is 44.1 Å². The summed E-state index contributed by atoms with van der Waals surface area (Å²) < 4.78 is 0. The number of aliphatic hydroxyl groups excluding tert-OH is 1. The van der Waals surface area contributed by atoms with Crippen LogP contribution in [0.25, 0.3) is 0 Å². The Morgan fingerprint density at radius 2 is 1.86 bits per heavy atom. The highest BCUT2D eigenvalue weighted by Crippen LogP contribution is 2.24. The first kappa shape index (κ1) is 11.3. The summed E-state index contributed by atoms with van der Waals surface area (Å²) in [7, 11) is 0. The van der Waals surface area contributed by atoms with Crippen molar-refractivity contribution in [3.63, 3.8) is 0 Å². The first-order valence-corrected chi connectivity index (χ1v) is 5.54. The molecule has 0 spiro atoms. The van der Waals surface area contributed by atoms with Crippen LogP contribution in [0.4, 0.5) is 0 Å². The molecule has 1 atom stereocenters. The van der Waals surface area contributed by atoms with E-state index in [9.17, 15) is 0 Å². The summed E-state index contributed by atoms with van der Waals surface area (Å²) in [5, 5.41) is 9.00. The van der Waals surface area contributed by atoms with Gasteiger partial charge in [0.15, 0.2) is 0 Å². The van der Waals surface area contributed by atoms with Gasteiger partial charge in [0.1, 0.15) is 0 Å². The third kappa shape index (κ3) is 3.51. The third-order valence-electron chi connectivity index (χ3n) is 2.65. The first-order chi connectivity index (χ1) is 6.88. The molecule has 0 saturated heterocycles. The van der Waals surface area contributed by atoms with Crippen LogP contribution in [0, 0.1) is 0 Å². The van der Waals surface area contributed by atoms with Crippen molar-refractivity contribution in [1.29, 1.82) is 0 Å². The second-order valence-corrected chi connectivity index (χ2v) is 3.76. The molecule has 0 radical (unpaired) electrons. The van der Waals surface area contributed by atoms with E-state index >= 15 is 0 Å². The Morgan fingerprint density at radius 1 is 1.14 bits per heavy atom. The summed E-state index contributed by atoms with van der Waals surface area (Å²) in [5.41, 5.74) is 1.37. The molecule has 0 fully saturated rings. The molecule has 0 amide bonds. The molecule has 14 heavy (non-hydrogen) atoms. The molecule has 1 nitrogen and oxygen atoms in total. The van der Waals surface area contributed by atoms with E-state index in [2.05, 4.69) is 31.2 Å². The van der Waals surface area contributed by atoms with Crippen molar-refractivity contribution in [2.24, 2.45) is 0 Å². The molecule has 0 aliphatic heterocycles. The zero-order chi connectivity index (χ0) is 10.2. The molecule has 0 unspecified atom stereocenters. The van der Waals surface area contributed by atoms with Gasteiger partial charge in [-0.3, -0.25) is 0 Å². The van der Waals surface area contributed by atoms with Crippen molar-refractivity contribution in [2.75, 3.05) is 6.61 Å². The van der Waals surface area contributed by atoms with Crippen LogP contribution < -0.4 is 0 Å². The van der Waals surface area contributed by atoms with Gasteiger partial charge in [-0.25, -0.2) is 0 Å². The van der Waals surface area contributed by atoms with Crippen molar-refractivity contribution in [3.8, 4) is 0 Å². The Kier molecular flexibility index (Phi) is 5.31. The van der Waals surface area contributed by atoms with Gasteiger partial charge in [-0.15, -0.1) is 0 Å². The van der Waals surface area contributed by atoms with Crippen LogP contribution in [0.15, 0.2) is 30.3 Å². The lowest BCUT2D eigenvalue weighted by atomic mass is 9.91. The quantitative estimate of drug-likeness (QED) is 0.733. The zero-order valence-electron chi connectivity index (χ0n) is 8.95. The summed E-state index contributed by atoms with van der Waals surface area (Å²) in [6.45, 7) is 2.50. The summed E-state index contributed by atoms with van der Waals surface area (Å²) in [6.07, 6.45) is 4.57. The molecule has 1 rings (SSSR count). The van der Waals surface area contributed by atoms with Crippen LogP contribution in [-0.4, -0.2) is 11.7 Å². The van der Waals surface area contributed by atoms with Crippen LogP contribution in [0.5, 0.6) is 0 Å². The van der Waals surface area contributed by atoms with E-state index in [0.29, 0.717) is 12.5 Å². The topological polar surface area (TPSA) is 20.2 Å². The van der Waals surface area contributed by atoms with Crippen molar-refractivity contribution >= 4 is 0 Å². The second-order valence-electron chi connectivity index (χ2n) is 3.76. The van der Waals surface area contributed by atoms with Crippen LogP contribution in [-0.2, 0) is 0 Å². The highest BCUT2D eigenvalue weighted by molar-refractivity contribution is 5.19. The lowest BCUT2D eigenvalue weighted by Crippen LogP contribution is -2.01. The Bertz CT molecular complexity index is 230. The maximum atomic E-state index is 9.00. The molecule has 0 aliphatic carbocycles. The van der Waals surface area contributed by atoms with Crippen molar-refractivity contribution in [1.82, 2.24) is 0 Å². The SMILES string of the molecule is CCCC[C@@H](CCO)c1ccccc1. The average Bonchev–Trinajstić information content (AvgIpc) is 2.25. The van der Waals surface area contributed by atoms with Crippen LogP contribution >= 0.6 is 0 Å². The fourth-order valence-corrected chi connectivity index (χ4v) is 1.81. The lowest BCUT2D eigenvalue weighted by molar-refractivity contribution is 0.271. The highest BCUT2D eigenvalue weighted by atomic mass is 16.3. The molecule has 0 aromatic heterocycles. The fraction of sp³-hybridized carbons (Fsp3) is 0.538. The van der Waals surface area contributed by atoms with Gasteiger partial charge in [-0.2, -0.15) is 0 Å². The zero-order valence-corrected chi connectivity index (χ0v) is 8.95. The van der Waals surface area contributed by atoms with E-state index in [0.717, 1.165) is 6.42 Å². The molecule has 1 aromatic carbocycles. The summed E-state index contributed by atoms with van der Waals surface area (Å²) in [6, 6.07) is 10.5. The molecule has 0 heterocycles. The molecule has 1 aromatic rings. The molecule has 0 saturated carbocycles. The van der Waals surface area contributed by atoms with Crippen LogP contribution in [0.3, 0.4) is 0 Å². The van der Waals surface area contributed by atoms with Crippen molar-refractivity contribution in [3.05, 3.63) is 35.9 Å². The maximum Gasteiger partial charge on any atom is 0.0436 e. The van der Waals surface area contributed by atoms with Crippen molar-refractivity contribution in [2.45, 2.75) is 38.5 Å². The second kappa shape index (κ2) is 6.61. The number of aliphatic hydroxyl groups is 1. The molecule has 1 N–H and O–H groups in total. The molecular formula is C13H20O. The average molecular weight is 192 g/mol. The van der Waals surface area contributed by atoms with Gasteiger partial charge in [0.25, 0.3) is 0 Å². The fourth-order valence-electron chi connectivity index (χ4n) is 1.81. The van der Waals surface area contributed by atoms with Gasteiger partial charge in [-0.1, -0.05) is 50.1 Å². The van der Waals surface area contributed by atoms with E-state index < -0.39 is 0 Å². The Balaban J connectivity index is 2.58. The monoisotopic (exact) mass is 192 g/mol. The minimum atomic E-state index is 0.295. The molecule has 78 valence electrons. The summed E-state index contributed by atoms with van der Waals surface area (Å²) >= 11 is 0. The van der Waals surface area contributed by atoms with E-state index in [1.165, 1.54) is 24.8 Å². The molecule has 0 bridgehead atoms. The number of benzene rings is 1. The Morgan fingerprint density at radius 3 is 2.43 bits per heavy atom. The predicted octanol–water partition coefficient (Wildman–Crippen LogP) is 3.34. The van der Waals surface area contributed by atoms with Crippen molar-refractivity contribution < 1.29 is 5.11 Å². The van der Waals surface area contributed by atoms with Gasteiger partial charge in [-0.05, 0) is 24.3 Å². The first-order valence-electron chi connectivity index (χ1n) is 5.54. The minimum absolute atomic E-state index is 0.295.